The number of hydrogen-bond acceptors (Lipinski definition) is 6. The van der Waals surface area contributed by atoms with Crippen LogP contribution >= 0.6 is 0 Å². The van der Waals surface area contributed by atoms with Gasteiger partial charge in [0, 0.05) is 23.6 Å². The minimum absolute atomic E-state index is 0.222. The fourth-order valence-corrected chi connectivity index (χ4v) is 3.31. The highest BCUT2D eigenvalue weighted by molar-refractivity contribution is 6.07. The lowest BCUT2D eigenvalue weighted by atomic mass is 10.0. The van der Waals surface area contributed by atoms with Crippen molar-refractivity contribution in [3.8, 4) is 16.9 Å². The van der Waals surface area contributed by atoms with Crippen molar-refractivity contribution in [3.05, 3.63) is 39.8 Å². The van der Waals surface area contributed by atoms with Crippen LogP contribution in [0.3, 0.4) is 0 Å². The van der Waals surface area contributed by atoms with Gasteiger partial charge in [-0.15, -0.1) is 0 Å². The van der Waals surface area contributed by atoms with Gasteiger partial charge in [0.15, 0.2) is 0 Å². The molecular formula is C18H18N4O4. The Hall–Kier alpha value is -3.13. The van der Waals surface area contributed by atoms with E-state index in [0.29, 0.717) is 28.4 Å². The summed E-state index contributed by atoms with van der Waals surface area (Å²) in [6.45, 7) is 3.96. The molecule has 0 amide bonds. The largest absolute Gasteiger partial charge is 0.496 e. The molecule has 4 aromatic rings. The van der Waals surface area contributed by atoms with Gasteiger partial charge in [0.25, 0.3) is 5.56 Å². The molecule has 134 valence electrons. The molecule has 1 aromatic carbocycles. The zero-order valence-corrected chi connectivity index (χ0v) is 14.9. The van der Waals surface area contributed by atoms with Gasteiger partial charge in [-0.3, -0.25) is 4.79 Å². The molecule has 0 unspecified atom stereocenters. The summed E-state index contributed by atoms with van der Waals surface area (Å²) in [6, 6.07) is 3.76. The number of H-pyrrole nitrogens is 2. The maximum Gasteiger partial charge on any atom is 0.261 e. The number of aromatic amines is 2. The van der Waals surface area contributed by atoms with E-state index in [1.165, 1.54) is 0 Å². The zero-order chi connectivity index (χ0) is 18.4. The van der Waals surface area contributed by atoms with Crippen molar-refractivity contribution >= 4 is 21.9 Å². The van der Waals surface area contributed by atoms with Crippen molar-refractivity contribution in [2.45, 2.75) is 20.5 Å². The van der Waals surface area contributed by atoms with Crippen molar-refractivity contribution in [1.82, 2.24) is 20.1 Å². The van der Waals surface area contributed by atoms with Gasteiger partial charge in [0.05, 0.1) is 23.8 Å². The lowest BCUT2D eigenvalue weighted by Crippen LogP contribution is -2.11. The number of aromatic nitrogens is 4. The quantitative estimate of drug-likeness (QED) is 0.584. The number of aryl methyl sites for hydroxylation is 2. The second kappa shape index (κ2) is 5.99. The van der Waals surface area contributed by atoms with E-state index in [0.717, 1.165) is 27.7 Å². The maximum atomic E-state index is 12.5. The highest BCUT2D eigenvalue weighted by atomic mass is 16.5. The highest BCUT2D eigenvalue weighted by Crippen LogP contribution is 2.38. The predicted molar refractivity (Wildman–Crippen MR) is 96.5 cm³/mol. The molecule has 0 bridgehead atoms. The van der Waals surface area contributed by atoms with E-state index in [1.807, 2.05) is 26.0 Å². The molecule has 0 saturated heterocycles. The first-order valence-electron chi connectivity index (χ1n) is 8.08. The Bertz CT molecular complexity index is 1170. The molecule has 0 aliphatic rings. The maximum absolute atomic E-state index is 12.5. The van der Waals surface area contributed by atoms with Crippen LogP contribution in [0.4, 0.5) is 0 Å². The molecule has 0 spiro atoms. The van der Waals surface area contributed by atoms with Crippen LogP contribution in [0.1, 0.15) is 17.3 Å². The van der Waals surface area contributed by atoms with E-state index in [4.69, 9.17) is 14.0 Å². The van der Waals surface area contributed by atoms with Crippen LogP contribution in [-0.2, 0) is 11.3 Å². The van der Waals surface area contributed by atoms with Gasteiger partial charge in [0.2, 0.25) is 0 Å². The van der Waals surface area contributed by atoms with Gasteiger partial charge in [-0.1, -0.05) is 5.16 Å². The van der Waals surface area contributed by atoms with Crippen LogP contribution in [-0.4, -0.2) is 34.3 Å². The monoisotopic (exact) mass is 354 g/mol. The number of nitrogens with one attached hydrogen (secondary N) is 2. The molecule has 0 fully saturated rings. The van der Waals surface area contributed by atoms with Gasteiger partial charge in [-0.25, -0.2) is 4.98 Å². The van der Waals surface area contributed by atoms with Gasteiger partial charge in [0.1, 0.15) is 29.6 Å². The Balaban J connectivity index is 2.04. The number of rotatable bonds is 4. The fourth-order valence-electron chi connectivity index (χ4n) is 3.31. The molecule has 0 aliphatic heterocycles. The first-order chi connectivity index (χ1) is 12.5. The molecule has 0 radical (unpaired) electrons. The minimum Gasteiger partial charge on any atom is -0.496 e. The van der Waals surface area contributed by atoms with E-state index in [9.17, 15) is 4.79 Å². The van der Waals surface area contributed by atoms with Crippen molar-refractivity contribution in [2.75, 3.05) is 14.2 Å². The smallest absolute Gasteiger partial charge is 0.261 e. The third kappa shape index (κ3) is 2.38. The number of benzene rings is 1. The Morgan fingerprint density at radius 3 is 2.65 bits per heavy atom. The molecule has 8 nitrogen and oxygen atoms in total. The second-order valence-corrected chi connectivity index (χ2v) is 6.09. The van der Waals surface area contributed by atoms with E-state index < -0.39 is 0 Å². The number of fused-ring (bicyclic) bond motifs is 3. The Labute approximate surface area is 148 Å². The lowest BCUT2D eigenvalue weighted by molar-refractivity contribution is 0.178. The van der Waals surface area contributed by atoms with E-state index in [-0.39, 0.29) is 12.2 Å². The highest BCUT2D eigenvalue weighted by Gasteiger charge is 2.19. The zero-order valence-electron chi connectivity index (χ0n) is 14.9. The van der Waals surface area contributed by atoms with Gasteiger partial charge >= 0.3 is 0 Å². The predicted octanol–water partition coefficient (Wildman–Crippen LogP) is 2.83. The first kappa shape index (κ1) is 16.3. The summed E-state index contributed by atoms with van der Waals surface area (Å²) in [5.74, 6) is 1.80. The molecule has 0 atom stereocenters. The molecule has 0 saturated carbocycles. The lowest BCUT2D eigenvalue weighted by Gasteiger charge is -2.08. The fraction of sp³-hybridized carbons (Fsp3) is 0.278. The molecule has 26 heavy (non-hydrogen) atoms. The van der Waals surface area contributed by atoms with Crippen LogP contribution in [0.2, 0.25) is 0 Å². The number of ether oxygens (including phenoxy) is 2. The summed E-state index contributed by atoms with van der Waals surface area (Å²) in [5, 5.41) is 5.25. The third-order valence-electron chi connectivity index (χ3n) is 4.41. The van der Waals surface area contributed by atoms with Crippen LogP contribution < -0.4 is 10.3 Å². The third-order valence-corrected chi connectivity index (χ3v) is 4.41. The summed E-state index contributed by atoms with van der Waals surface area (Å²) in [5.41, 5.74) is 3.56. The molecule has 8 heteroatoms. The first-order valence-corrected chi connectivity index (χ1v) is 8.08. The van der Waals surface area contributed by atoms with Crippen LogP contribution in [0.15, 0.2) is 21.5 Å². The van der Waals surface area contributed by atoms with Gasteiger partial charge in [-0.05, 0) is 26.0 Å². The van der Waals surface area contributed by atoms with Crippen LogP contribution in [0.25, 0.3) is 33.1 Å². The number of methoxy groups -OCH3 is 2. The summed E-state index contributed by atoms with van der Waals surface area (Å²) in [7, 11) is 3.15. The Morgan fingerprint density at radius 1 is 1.19 bits per heavy atom. The molecular weight excluding hydrogens is 336 g/mol. The Kier molecular flexibility index (Phi) is 3.77. The van der Waals surface area contributed by atoms with Crippen LogP contribution in [0, 0.1) is 13.8 Å². The van der Waals surface area contributed by atoms with E-state index in [1.54, 1.807) is 14.2 Å². The minimum atomic E-state index is -0.222. The Morgan fingerprint density at radius 2 is 2.00 bits per heavy atom. The molecule has 3 heterocycles. The molecule has 2 N–H and O–H groups in total. The molecule has 0 aliphatic carbocycles. The van der Waals surface area contributed by atoms with E-state index >= 15 is 0 Å². The van der Waals surface area contributed by atoms with Crippen molar-refractivity contribution in [2.24, 2.45) is 0 Å². The number of nitrogens with zero attached hydrogens (tertiary/aromatic N) is 2. The summed E-state index contributed by atoms with van der Waals surface area (Å²) >= 11 is 0. The second-order valence-electron chi connectivity index (χ2n) is 6.09. The van der Waals surface area contributed by atoms with E-state index in [2.05, 4.69) is 20.1 Å². The SMILES string of the molecule is COCc1nc2[nH]c3cc(-c4c(C)noc4C)c(OC)cc3c2c(=O)[nH]1. The average molecular weight is 354 g/mol. The van der Waals surface area contributed by atoms with Crippen LogP contribution in [0.5, 0.6) is 5.75 Å². The number of hydrogen-bond donors (Lipinski definition) is 2. The topological polar surface area (TPSA) is 106 Å². The van der Waals surface area contributed by atoms with Gasteiger partial charge < -0.3 is 24.0 Å². The van der Waals surface area contributed by atoms with Crippen molar-refractivity contribution in [3.63, 3.8) is 0 Å². The average Bonchev–Trinajstić information content (AvgIpc) is 3.13. The standard InChI is InChI=1S/C18H18N4O4/c1-8-15(9(2)26-22-8)11-5-12-10(6-13(11)25-4)16-17(19-12)20-14(7-24-3)21-18(16)23/h5-6H,7H2,1-4H3,(H2,19,20,21,23). The van der Waals surface area contributed by atoms with Crippen molar-refractivity contribution in [1.29, 1.82) is 0 Å². The summed E-state index contributed by atoms with van der Waals surface area (Å²) < 4.78 is 15.9. The summed E-state index contributed by atoms with van der Waals surface area (Å²) in [6.07, 6.45) is 0. The normalized spacial score (nSPS) is 11.5. The molecule has 4 rings (SSSR count). The van der Waals surface area contributed by atoms with Gasteiger partial charge in [-0.2, -0.15) is 0 Å². The summed E-state index contributed by atoms with van der Waals surface area (Å²) in [4.78, 5) is 22.9. The van der Waals surface area contributed by atoms with Crippen molar-refractivity contribution < 1.29 is 14.0 Å². The molecule has 3 aromatic heterocycles.